The summed E-state index contributed by atoms with van der Waals surface area (Å²) < 4.78 is 22.6. The molecule has 6 atom stereocenters. The summed E-state index contributed by atoms with van der Waals surface area (Å²) in [5.74, 6) is -4.41. The molecule has 0 unspecified atom stereocenters. The highest BCUT2D eigenvalue weighted by molar-refractivity contribution is 5.87. The number of ether oxygens (including phenoxy) is 4. The van der Waals surface area contributed by atoms with Crippen LogP contribution in [0.4, 0.5) is 0 Å². The van der Waals surface area contributed by atoms with E-state index in [0.717, 1.165) is 12.5 Å². The molecule has 1 aliphatic carbocycles. The molecule has 1 spiro atoms. The lowest BCUT2D eigenvalue weighted by Gasteiger charge is -2.58. The molecule has 2 aliphatic heterocycles. The van der Waals surface area contributed by atoms with Crippen LogP contribution in [0.15, 0.2) is 54.3 Å². The number of hydrogen-bond donors (Lipinski definition) is 3. The summed E-state index contributed by atoms with van der Waals surface area (Å²) in [7, 11) is 1.92. The van der Waals surface area contributed by atoms with Crippen molar-refractivity contribution in [3.63, 3.8) is 0 Å². The number of hydrogen-bond acceptors (Lipinski definition) is 11. The smallest absolute Gasteiger partial charge is 0.357 e. The van der Waals surface area contributed by atoms with Gasteiger partial charge in [0.25, 0.3) is 0 Å². The van der Waals surface area contributed by atoms with Gasteiger partial charge in [0.15, 0.2) is 17.6 Å². The van der Waals surface area contributed by atoms with Crippen LogP contribution in [0.25, 0.3) is 0 Å². The largest absolute Gasteiger partial charge is 0.504 e. The fourth-order valence-corrected chi connectivity index (χ4v) is 6.78. The van der Waals surface area contributed by atoms with Crippen molar-refractivity contribution in [2.24, 2.45) is 0 Å². The van der Waals surface area contributed by atoms with Gasteiger partial charge in [-0.3, -0.25) is 9.59 Å². The molecular weight excluding hydrogens is 574 g/mol. The zero-order valence-corrected chi connectivity index (χ0v) is 24.8. The number of aliphatic hydroxyl groups is 1. The monoisotopic (exact) mass is 609 g/mol. The molecule has 234 valence electrons. The number of benzene rings is 2. The van der Waals surface area contributed by atoms with Gasteiger partial charge in [0.05, 0.1) is 17.4 Å². The minimum absolute atomic E-state index is 0.0745. The number of aryl methyl sites for hydroxylation is 1. The molecule has 3 N–H and O–H groups in total. The molecule has 2 aromatic carbocycles. The molecular formula is C32H35NO11. The number of fused-ring (bicyclic) bond motifs is 1. The normalized spacial score (nSPS) is 26.9. The molecule has 0 saturated carbocycles. The molecule has 12 heteroatoms. The minimum atomic E-state index is -1.80. The molecule has 2 aromatic rings. The number of carbonyl (C=O) groups is 4. The molecule has 12 nitrogen and oxygen atoms in total. The van der Waals surface area contributed by atoms with E-state index in [9.17, 15) is 34.5 Å². The Morgan fingerprint density at radius 3 is 2.45 bits per heavy atom. The van der Waals surface area contributed by atoms with Crippen molar-refractivity contribution in [2.45, 2.75) is 75.4 Å². The van der Waals surface area contributed by atoms with Crippen molar-refractivity contribution in [2.75, 3.05) is 13.6 Å². The van der Waals surface area contributed by atoms with Gasteiger partial charge in [0, 0.05) is 30.5 Å². The summed E-state index contributed by atoms with van der Waals surface area (Å²) in [4.78, 5) is 51.8. The highest BCUT2D eigenvalue weighted by atomic mass is 16.6. The quantitative estimate of drug-likeness (QED) is 0.296. The number of carbonyl (C=O) groups excluding carboxylic acids is 3. The molecule has 5 rings (SSSR count). The van der Waals surface area contributed by atoms with Crippen LogP contribution in [0.5, 0.6) is 11.5 Å². The van der Waals surface area contributed by atoms with E-state index in [4.69, 9.17) is 18.9 Å². The van der Waals surface area contributed by atoms with E-state index in [0.29, 0.717) is 18.5 Å². The number of aromatic hydroxyl groups is 1. The number of nitrogens with zero attached hydrogens (tertiary/aromatic N) is 1. The number of phenols is 1. The average Bonchev–Trinajstić information content (AvgIpc) is 3.35. The molecule has 3 aliphatic rings. The lowest BCUT2D eigenvalue weighted by molar-refractivity contribution is -0.181. The Bertz CT molecular complexity index is 1510. The summed E-state index contributed by atoms with van der Waals surface area (Å²) in [5.41, 5.74) is -0.765. The Morgan fingerprint density at radius 1 is 1.09 bits per heavy atom. The standard InChI is InChI=1S/C32H35NO11/c1-17-10-11-21(35)27-25(17)31-14-15-33(4)18(2)32(31,40)13-12-22(28(31)43-27)42-30(39)26(20-8-6-5-7-9-20)44-29(38)23(16-24(36)37)41-19(3)34/h5-12,18,23,26,28,35,40H,13-16H2,1-4H3,(H,36,37)/t18-,23+,26+,28+,31+,32-/m1/s1. The van der Waals surface area contributed by atoms with Crippen molar-refractivity contribution < 1.29 is 53.4 Å². The topological polar surface area (TPSA) is 169 Å². The lowest BCUT2D eigenvalue weighted by atomic mass is 9.54. The molecule has 2 heterocycles. The molecule has 0 amide bonds. The van der Waals surface area contributed by atoms with E-state index in [1.807, 2.05) is 25.8 Å². The van der Waals surface area contributed by atoms with Gasteiger partial charge in [0.1, 0.15) is 5.76 Å². The fraction of sp³-hybridized carbons (Fsp3) is 0.438. The van der Waals surface area contributed by atoms with E-state index >= 15 is 0 Å². The zero-order chi connectivity index (χ0) is 32.0. The summed E-state index contributed by atoms with van der Waals surface area (Å²) in [6.07, 6.45) is -3.23. The second kappa shape index (κ2) is 11.6. The van der Waals surface area contributed by atoms with Crippen LogP contribution < -0.4 is 4.74 Å². The molecule has 0 aromatic heterocycles. The van der Waals surface area contributed by atoms with Crippen molar-refractivity contribution in [3.05, 3.63) is 71.0 Å². The SMILES string of the molecule is CC(=O)O[C@@H](CC(=O)O)C(=O)O[C@H](C(=O)OC1=CC[C@@]2(O)[C@@H](C)N(C)CC[C@@]23c2c(C)ccc(O)c2O[C@@H]13)c1ccccc1. The Hall–Kier alpha value is -4.42. The van der Waals surface area contributed by atoms with Crippen LogP contribution >= 0.6 is 0 Å². The highest BCUT2D eigenvalue weighted by Crippen LogP contribution is 2.62. The second-order valence-corrected chi connectivity index (χ2v) is 11.6. The molecule has 1 saturated heterocycles. The maximum atomic E-state index is 13.8. The first kappa shape index (κ1) is 31.0. The lowest BCUT2D eigenvalue weighted by Crippen LogP contribution is -2.71. The van der Waals surface area contributed by atoms with Crippen LogP contribution in [0.1, 0.15) is 55.9 Å². The van der Waals surface area contributed by atoms with Crippen LogP contribution in [0, 0.1) is 6.92 Å². The summed E-state index contributed by atoms with van der Waals surface area (Å²) >= 11 is 0. The maximum absolute atomic E-state index is 13.8. The number of esters is 3. The number of phenolic OH excluding ortho intramolecular Hbond substituents is 1. The van der Waals surface area contributed by atoms with Crippen molar-refractivity contribution >= 4 is 23.9 Å². The van der Waals surface area contributed by atoms with E-state index in [1.54, 1.807) is 30.3 Å². The zero-order valence-electron chi connectivity index (χ0n) is 24.8. The van der Waals surface area contributed by atoms with Crippen LogP contribution in [-0.2, 0) is 38.8 Å². The first-order valence-electron chi connectivity index (χ1n) is 14.3. The van der Waals surface area contributed by atoms with Crippen molar-refractivity contribution in [1.29, 1.82) is 0 Å². The number of aliphatic carboxylic acids is 1. The number of carboxylic acid groups (broad SMARTS) is 1. The van der Waals surface area contributed by atoms with Crippen molar-refractivity contribution in [3.8, 4) is 11.5 Å². The van der Waals surface area contributed by atoms with E-state index in [1.165, 1.54) is 18.2 Å². The highest BCUT2D eigenvalue weighted by Gasteiger charge is 2.69. The van der Waals surface area contributed by atoms with E-state index in [-0.39, 0.29) is 35.3 Å². The van der Waals surface area contributed by atoms with Gasteiger partial charge in [-0.25, -0.2) is 9.59 Å². The minimum Gasteiger partial charge on any atom is -0.504 e. The fourth-order valence-electron chi connectivity index (χ4n) is 6.78. The summed E-state index contributed by atoms with van der Waals surface area (Å²) in [6, 6.07) is 10.9. The van der Waals surface area contributed by atoms with Gasteiger partial charge < -0.3 is 39.2 Å². The third-order valence-electron chi connectivity index (χ3n) is 9.03. The Balaban J connectivity index is 1.51. The molecule has 0 radical (unpaired) electrons. The van der Waals surface area contributed by atoms with Gasteiger partial charge in [0.2, 0.25) is 12.2 Å². The number of rotatable bonds is 8. The number of likely N-dealkylation sites (tertiary alicyclic amines) is 1. The third kappa shape index (κ3) is 5.07. The van der Waals surface area contributed by atoms with Crippen LogP contribution in [0.3, 0.4) is 0 Å². The molecule has 44 heavy (non-hydrogen) atoms. The molecule has 1 fully saturated rings. The predicted octanol–water partition coefficient (Wildman–Crippen LogP) is 2.68. The predicted molar refractivity (Wildman–Crippen MR) is 152 cm³/mol. The van der Waals surface area contributed by atoms with Gasteiger partial charge >= 0.3 is 23.9 Å². The van der Waals surface area contributed by atoms with E-state index < -0.39 is 59.6 Å². The maximum Gasteiger partial charge on any atom is 0.357 e. The summed E-state index contributed by atoms with van der Waals surface area (Å²) in [6.45, 7) is 5.39. The van der Waals surface area contributed by atoms with Gasteiger partial charge in [-0.2, -0.15) is 0 Å². The first-order valence-corrected chi connectivity index (χ1v) is 14.3. The van der Waals surface area contributed by atoms with Gasteiger partial charge in [-0.1, -0.05) is 36.4 Å². The Labute approximate surface area is 253 Å². The first-order chi connectivity index (χ1) is 20.8. The second-order valence-electron chi connectivity index (χ2n) is 11.6. The third-order valence-corrected chi connectivity index (χ3v) is 9.03. The number of carboxylic acids is 1. The Morgan fingerprint density at radius 2 is 1.80 bits per heavy atom. The van der Waals surface area contributed by atoms with Gasteiger partial charge in [-0.15, -0.1) is 0 Å². The van der Waals surface area contributed by atoms with Crippen LogP contribution in [-0.4, -0.2) is 81.5 Å². The van der Waals surface area contributed by atoms with Gasteiger partial charge in [-0.05, 0) is 51.6 Å². The number of likely N-dealkylation sites (N-methyl/N-ethyl adjacent to an activating group) is 1. The average molecular weight is 610 g/mol. The van der Waals surface area contributed by atoms with E-state index in [2.05, 4.69) is 0 Å². The summed E-state index contributed by atoms with van der Waals surface area (Å²) in [5, 5.41) is 32.4. The molecule has 0 bridgehead atoms. The number of piperidine rings is 1. The Kier molecular flexibility index (Phi) is 8.17. The van der Waals surface area contributed by atoms with Crippen molar-refractivity contribution in [1.82, 2.24) is 4.90 Å². The van der Waals surface area contributed by atoms with Crippen LogP contribution in [0.2, 0.25) is 0 Å².